The maximum Gasteiger partial charge on any atom is 0.0440 e. The van der Waals surface area contributed by atoms with E-state index in [1.54, 1.807) is 0 Å². The van der Waals surface area contributed by atoms with Crippen molar-refractivity contribution in [2.75, 3.05) is 0 Å². The van der Waals surface area contributed by atoms with Crippen molar-refractivity contribution in [2.45, 2.75) is 26.2 Å². The fourth-order valence-corrected chi connectivity index (χ4v) is 1.42. The molecule has 0 N–H and O–H groups in total. The minimum absolute atomic E-state index is 0.573. The van der Waals surface area contributed by atoms with Crippen LogP contribution in [0.4, 0.5) is 0 Å². The quantitative estimate of drug-likeness (QED) is 0.629. The molecule has 0 aliphatic heterocycles. The van der Waals surface area contributed by atoms with Crippen LogP contribution in [0.3, 0.4) is 0 Å². The molecule has 0 fully saturated rings. The first-order valence-corrected chi connectivity index (χ1v) is 4.38. The van der Waals surface area contributed by atoms with E-state index in [4.69, 9.17) is 11.6 Å². The fraction of sp³-hybridized carbons (Fsp3) is 0.400. The molecule has 0 amide bonds. The molecule has 60 valence electrons. The van der Waals surface area contributed by atoms with Crippen LogP contribution in [0.1, 0.15) is 31.7 Å². The van der Waals surface area contributed by atoms with Crippen LogP contribution in [0.25, 0.3) is 0 Å². The van der Waals surface area contributed by atoms with Gasteiger partial charge in [-0.2, -0.15) is 0 Å². The predicted molar refractivity (Wildman–Crippen MR) is 50.2 cm³/mol. The van der Waals surface area contributed by atoms with Gasteiger partial charge in [-0.1, -0.05) is 43.6 Å². The van der Waals surface area contributed by atoms with Crippen molar-refractivity contribution in [1.82, 2.24) is 0 Å². The molecule has 1 aromatic carbocycles. The van der Waals surface area contributed by atoms with E-state index in [0.29, 0.717) is 5.92 Å². The maximum atomic E-state index is 6.00. The van der Waals surface area contributed by atoms with Crippen molar-refractivity contribution in [3.8, 4) is 0 Å². The van der Waals surface area contributed by atoms with E-state index in [-0.39, 0.29) is 0 Å². The van der Waals surface area contributed by atoms with Crippen LogP contribution in [0, 0.1) is 0 Å². The topological polar surface area (TPSA) is 0 Å². The van der Waals surface area contributed by atoms with Crippen LogP contribution < -0.4 is 0 Å². The highest BCUT2D eigenvalue weighted by Crippen LogP contribution is 2.25. The van der Waals surface area contributed by atoms with Gasteiger partial charge in [0.1, 0.15) is 0 Å². The zero-order chi connectivity index (χ0) is 8.27. The standard InChI is InChI=1S/C10H13Cl/c1-3-8(2)9-6-4-5-7-10(9)11/h4-8H,3H2,1-2H3/t8-/m1/s1. The second-order valence-corrected chi connectivity index (χ2v) is 3.24. The Hall–Kier alpha value is -0.490. The average Bonchev–Trinajstić information content (AvgIpc) is 2.04. The molecule has 0 aromatic heterocycles. The lowest BCUT2D eigenvalue weighted by Crippen LogP contribution is -1.91. The first-order chi connectivity index (χ1) is 5.25. The van der Waals surface area contributed by atoms with Gasteiger partial charge in [0.15, 0.2) is 0 Å². The van der Waals surface area contributed by atoms with Crippen LogP contribution in [-0.2, 0) is 0 Å². The Labute approximate surface area is 73.2 Å². The second kappa shape index (κ2) is 3.77. The lowest BCUT2D eigenvalue weighted by atomic mass is 9.99. The van der Waals surface area contributed by atoms with Crippen LogP contribution in [0.2, 0.25) is 5.02 Å². The Morgan fingerprint density at radius 3 is 2.55 bits per heavy atom. The molecule has 0 heterocycles. The molecule has 0 nitrogen and oxygen atoms in total. The maximum absolute atomic E-state index is 6.00. The molecule has 0 aliphatic carbocycles. The number of rotatable bonds is 2. The van der Waals surface area contributed by atoms with E-state index >= 15 is 0 Å². The van der Waals surface area contributed by atoms with Gasteiger partial charge in [-0.15, -0.1) is 0 Å². The third kappa shape index (κ3) is 1.97. The van der Waals surface area contributed by atoms with Gasteiger partial charge in [-0.25, -0.2) is 0 Å². The number of benzene rings is 1. The van der Waals surface area contributed by atoms with Crippen molar-refractivity contribution in [3.63, 3.8) is 0 Å². The zero-order valence-electron chi connectivity index (χ0n) is 6.97. The third-order valence-corrected chi connectivity index (χ3v) is 2.39. The molecule has 11 heavy (non-hydrogen) atoms. The van der Waals surface area contributed by atoms with E-state index in [2.05, 4.69) is 19.9 Å². The fourth-order valence-electron chi connectivity index (χ4n) is 1.09. The molecule has 0 unspecified atom stereocenters. The molecule has 1 rings (SSSR count). The van der Waals surface area contributed by atoms with Crippen LogP contribution >= 0.6 is 11.6 Å². The van der Waals surface area contributed by atoms with Crippen molar-refractivity contribution in [3.05, 3.63) is 34.9 Å². The van der Waals surface area contributed by atoms with Crippen LogP contribution in [-0.4, -0.2) is 0 Å². The molecule has 0 bridgehead atoms. The summed E-state index contributed by atoms with van der Waals surface area (Å²) >= 11 is 6.00. The molecule has 0 saturated heterocycles. The summed E-state index contributed by atoms with van der Waals surface area (Å²) in [5.41, 5.74) is 1.26. The highest BCUT2D eigenvalue weighted by Gasteiger charge is 2.05. The minimum atomic E-state index is 0.573. The SMILES string of the molecule is CC[C@@H](C)c1ccccc1Cl. The molecule has 1 aromatic rings. The van der Waals surface area contributed by atoms with E-state index in [0.717, 1.165) is 11.4 Å². The molecule has 0 saturated carbocycles. The number of hydrogen-bond acceptors (Lipinski definition) is 0. The van der Waals surface area contributed by atoms with Gasteiger partial charge in [0.05, 0.1) is 0 Å². The van der Waals surface area contributed by atoms with Gasteiger partial charge >= 0.3 is 0 Å². The Morgan fingerprint density at radius 2 is 2.00 bits per heavy atom. The molecule has 0 radical (unpaired) electrons. The van der Waals surface area contributed by atoms with Crippen molar-refractivity contribution < 1.29 is 0 Å². The first-order valence-electron chi connectivity index (χ1n) is 4.00. The minimum Gasteiger partial charge on any atom is -0.0840 e. The number of hydrogen-bond donors (Lipinski definition) is 0. The molecule has 0 aliphatic rings. The largest absolute Gasteiger partial charge is 0.0840 e. The van der Waals surface area contributed by atoms with Gasteiger partial charge in [-0.3, -0.25) is 0 Å². The van der Waals surface area contributed by atoms with E-state index in [1.807, 2.05) is 18.2 Å². The second-order valence-electron chi connectivity index (χ2n) is 2.83. The summed E-state index contributed by atoms with van der Waals surface area (Å²) < 4.78 is 0. The van der Waals surface area contributed by atoms with Crippen LogP contribution in [0.5, 0.6) is 0 Å². The van der Waals surface area contributed by atoms with E-state index < -0.39 is 0 Å². The van der Waals surface area contributed by atoms with Gasteiger partial charge in [0.25, 0.3) is 0 Å². The summed E-state index contributed by atoms with van der Waals surface area (Å²) in [5, 5.41) is 0.891. The lowest BCUT2D eigenvalue weighted by molar-refractivity contribution is 0.734. The summed E-state index contributed by atoms with van der Waals surface area (Å²) in [7, 11) is 0. The summed E-state index contributed by atoms with van der Waals surface area (Å²) in [6.45, 7) is 4.37. The monoisotopic (exact) mass is 168 g/mol. The highest BCUT2D eigenvalue weighted by molar-refractivity contribution is 6.31. The smallest absolute Gasteiger partial charge is 0.0440 e. The van der Waals surface area contributed by atoms with Gasteiger partial charge in [0.2, 0.25) is 0 Å². The molecular formula is C10H13Cl. The van der Waals surface area contributed by atoms with Crippen LogP contribution in [0.15, 0.2) is 24.3 Å². The summed E-state index contributed by atoms with van der Waals surface area (Å²) in [5.74, 6) is 0.573. The van der Waals surface area contributed by atoms with Gasteiger partial charge < -0.3 is 0 Å². The molecule has 1 heteroatoms. The van der Waals surface area contributed by atoms with Gasteiger partial charge in [-0.05, 0) is 24.0 Å². The Kier molecular flexibility index (Phi) is 2.95. The molecule has 0 spiro atoms. The van der Waals surface area contributed by atoms with Crippen molar-refractivity contribution in [1.29, 1.82) is 0 Å². The zero-order valence-corrected chi connectivity index (χ0v) is 7.73. The highest BCUT2D eigenvalue weighted by atomic mass is 35.5. The predicted octanol–water partition coefficient (Wildman–Crippen LogP) is 3.85. The van der Waals surface area contributed by atoms with E-state index in [1.165, 1.54) is 5.56 Å². The summed E-state index contributed by atoms with van der Waals surface area (Å²) in [6.07, 6.45) is 1.14. The van der Waals surface area contributed by atoms with Gasteiger partial charge in [0, 0.05) is 5.02 Å². The Morgan fingerprint density at radius 1 is 1.36 bits per heavy atom. The normalized spacial score (nSPS) is 13.0. The molecule has 1 atom stereocenters. The Bertz CT molecular complexity index is 230. The average molecular weight is 169 g/mol. The summed E-state index contributed by atoms with van der Waals surface area (Å²) in [6, 6.07) is 8.04. The lowest BCUT2D eigenvalue weighted by Gasteiger charge is -2.09. The van der Waals surface area contributed by atoms with Crippen molar-refractivity contribution >= 4 is 11.6 Å². The van der Waals surface area contributed by atoms with Crippen molar-refractivity contribution in [2.24, 2.45) is 0 Å². The van der Waals surface area contributed by atoms with E-state index in [9.17, 15) is 0 Å². The summed E-state index contributed by atoms with van der Waals surface area (Å²) in [4.78, 5) is 0. The number of halogens is 1. The third-order valence-electron chi connectivity index (χ3n) is 2.05. The molecular weight excluding hydrogens is 156 g/mol. The first kappa shape index (κ1) is 8.61. The Balaban J connectivity index is 2.93.